The van der Waals surface area contributed by atoms with Crippen LogP contribution in [-0.2, 0) is 16.1 Å². The summed E-state index contributed by atoms with van der Waals surface area (Å²) in [5, 5.41) is 19.7. The molecule has 1 aromatic heterocycles. The molecule has 0 aliphatic carbocycles. The van der Waals surface area contributed by atoms with Crippen LogP contribution in [0.3, 0.4) is 0 Å². The van der Waals surface area contributed by atoms with E-state index in [0.29, 0.717) is 25.6 Å². The highest BCUT2D eigenvalue weighted by molar-refractivity contribution is 5.59. The van der Waals surface area contributed by atoms with E-state index in [4.69, 9.17) is 14.2 Å². The molecule has 2 saturated heterocycles. The molecule has 3 heterocycles. The second-order valence-corrected chi connectivity index (χ2v) is 6.72. The smallest absolute Gasteiger partial charge is 0.140 e. The molecule has 0 unspecified atom stereocenters. The van der Waals surface area contributed by atoms with Crippen molar-refractivity contribution in [2.75, 3.05) is 19.8 Å². The Hall–Kier alpha value is -1.93. The van der Waals surface area contributed by atoms with E-state index in [1.165, 1.54) is 0 Å². The predicted octanol–water partition coefficient (Wildman–Crippen LogP) is 1.53. The summed E-state index contributed by atoms with van der Waals surface area (Å²) >= 11 is 0. The van der Waals surface area contributed by atoms with E-state index in [-0.39, 0.29) is 24.9 Å². The van der Waals surface area contributed by atoms with E-state index in [9.17, 15) is 10.2 Å². The van der Waals surface area contributed by atoms with Crippen molar-refractivity contribution in [2.45, 2.75) is 44.3 Å². The summed E-state index contributed by atoms with van der Waals surface area (Å²) in [4.78, 5) is 4.50. The van der Waals surface area contributed by atoms with Crippen molar-refractivity contribution in [3.63, 3.8) is 0 Å². The van der Waals surface area contributed by atoms with Gasteiger partial charge in [0.2, 0.25) is 0 Å². The second-order valence-electron chi connectivity index (χ2n) is 6.72. The number of ether oxygens (including phenoxy) is 3. The minimum Gasteiger partial charge on any atom is -0.493 e. The Morgan fingerprint density at radius 2 is 2.12 bits per heavy atom. The maximum atomic E-state index is 9.95. The average molecular weight is 360 g/mol. The fraction of sp³-hybridized carbons (Fsp3) is 0.526. The van der Waals surface area contributed by atoms with Gasteiger partial charge >= 0.3 is 0 Å². The van der Waals surface area contributed by atoms with Gasteiger partial charge in [0, 0.05) is 23.5 Å². The lowest BCUT2D eigenvalue weighted by atomic mass is 10.1. The summed E-state index contributed by atoms with van der Waals surface area (Å²) < 4.78 is 19.2. The summed E-state index contributed by atoms with van der Waals surface area (Å²) in [7, 11) is 0. The maximum Gasteiger partial charge on any atom is 0.140 e. The molecular formula is C19H24N2O5. The SMILES string of the molecule is CCCOc1ccc(-c2nccn2[C@@H]2CO[C@H]3[C@@H]2OC[C@H]3O)cc1CO. The first-order valence-corrected chi connectivity index (χ1v) is 9.04. The minimum atomic E-state index is -0.576. The number of benzene rings is 1. The van der Waals surface area contributed by atoms with Crippen molar-refractivity contribution < 1.29 is 24.4 Å². The van der Waals surface area contributed by atoms with Gasteiger partial charge in [0.1, 0.15) is 29.9 Å². The Bertz CT molecular complexity index is 762. The minimum absolute atomic E-state index is 0.0387. The quantitative estimate of drug-likeness (QED) is 0.813. The van der Waals surface area contributed by atoms with Crippen LogP contribution in [0.2, 0.25) is 0 Å². The highest BCUT2D eigenvalue weighted by atomic mass is 16.6. The van der Waals surface area contributed by atoms with Gasteiger partial charge in [0.15, 0.2) is 0 Å². The van der Waals surface area contributed by atoms with Gasteiger partial charge in [-0.15, -0.1) is 0 Å². The van der Waals surface area contributed by atoms with Crippen molar-refractivity contribution in [3.05, 3.63) is 36.2 Å². The van der Waals surface area contributed by atoms with E-state index in [1.807, 2.05) is 35.9 Å². The summed E-state index contributed by atoms with van der Waals surface area (Å²) in [6.07, 6.45) is 3.52. The number of aliphatic hydroxyl groups excluding tert-OH is 2. The normalized spacial score (nSPS) is 27.7. The molecule has 0 saturated carbocycles. The molecule has 7 nitrogen and oxygen atoms in total. The van der Waals surface area contributed by atoms with Crippen LogP contribution in [0.4, 0.5) is 0 Å². The molecule has 2 aliphatic heterocycles. The largest absolute Gasteiger partial charge is 0.493 e. The van der Waals surface area contributed by atoms with Gasteiger partial charge < -0.3 is 29.0 Å². The standard InChI is InChI=1S/C19H24N2O5/c1-2-7-24-16-4-3-12(8-13(16)9-22)19-20-5-6-21(19)14-10-25-18-15(23)11-26-17(14)18/h3-6,8,14-15,17-18,22-23H,2,7,9-11H2,1H3/t14-,15-,17-,18-/m1/s1. The van der Waals surface area contributed by atoms with Crippen molar-refractivity contribution in [1.29, 1.82) is 0 Å². The third-order valence-corrected chi connectivity index (χ3v) is 4.98. The van der Waals surface area contributed by atoms with Crippen LogP contribution in [0.1, 0.15) is 24.9 Å². The summed E-state index contributed by atoms with van der Waals surface area (Å²) in [6, 6.07) is 5.68. The molecule has 0 radical (unpaired) electrons. The topological polar surface area (TPSA) is 86.0 Å². The molecule has 0 spiro atoms. The lowest BCUT2D eigenvalue weighted by Crippen LogP contribution is -2.30. The molecule has 2 aromatic rings. The Morgan fingerprint density at radius 1 is 1.27 bits per heavy atom. The first-order chi connectivity index (χ1) is 12.7. The van der Waals surface area contributed by atoms with Crippen molar-refractivity contribution >= 4 is 0 Å². The number of aromatic nitrogens is 2. The van der Waals surface area contributed by atoms with Gasteiger partial charge in [-0.05, 0) is 24.6 Å². The van der Waals surface area contributed by atoms with Crippen LogP contribution in [-0.4, -0.2) is 57.9 Å². The molecule has 2 N–H and O–H groups in total. The molecule has 2 aliphatic rings. The van der Waals surface area contributed by atoms with Gasteiger partial charge in [0.05, 0.1) is 32.5 Å². The predicted molar refractivity (Wildman–Crippen MR) is 93.9 cm³/mol. The van der Waals surface area contributed by atoms with E-state index in [1.54, 1.807) is 6.20 Å². The third kappa shape index (κ3) is 3.01. The highest BCUT2D eigenvalue weighted by Crippen LogP contribution is 2.37. The second kappa shape index (κ2) is 7.36. The van der Waals surface area contributed by atoms with E-state index < -0.39 is 6.10 Å². The Balaban J connectivity index is 1.63. The molecule has 1 aromatic carbocycles. The molecule has 26 heavy (non-hydrogen) atoms. The van der Waals surface area contributed by atoms with Crippen LogP contribution >= 0.6 is 0 Å². The first kappa shape index (κ1) is 17.5. The zero-order chi connectivity index (χ0) is 18.1. The monoisotopic (exact) mass is 360 g/mol. The number of fused-ring (bicyclic) bond motifs is 1. The van der Waals surface area contributed by atoms with Gasteiger partial charge in [-0.3, -0.25) is 0 Å². The zero-order valence-corrected chi connectivity index (χ0v) is 14.7. The van der Waals surface area contributed by atoms with E-state index in [2.05, 4.69) is 4.98 Å². The molecule has 4 rings (SSSR count). The average Bonchev–Trinajstić information content (AvgIpc) is 3.37. The van der Waals surface area contributed by atoms with Crippen LogP contribution in [0, 0.1) is 0 Å². The van der Waals surface area contributed by atoms with E-state index in [0.717, 1.165) is 23.4 Å². The molecule has 2 fully saturated rings. The van der Waals surface area contributed by atoms with Crippen LogP contribution in [0.25, 0.3) is 11.4 Å². The van der Waals surface area contributed by atoms with Crippen LogP contribution in [0.5, 0.6) is 5.75 Å². The number of imidazole rings is 1. The highest BCUT2D eigenvalue weighted by Gasteiger charge is 2.48. The lowest BCUT2D eigenvalue weighted by Gasteiger charge is -2.20. The number of nitrogens with zero attached hydrogens (tertiary/aromatic N) is 2. The van der Waals surface area contributed by atoms with Gasteiger partial charge in [-0.25, -0.2) is 4.98 Å². The number of rotatable bonds is 6. The van der Waals surface area contributed by atoms with Crippen LogP contribution < -0.4 is 4.74 Å². The molecule has 4 atom stereocenters. The van der Waals surface area contributed by atoms with E-state index >= 15 is 0 Å². The summed E-state index contributed by atoms with van der Waals surface area (Å²) in [6.45, 7) is 3.33. The maximum absolute atomic E-state index is 9.95. The van der Waals surface area contributed by atoms with Crippen molar-refractivity contribution in [3.8, 4) is 17.1 Å². The summed E-state index contributed by atoms with van der Waals surface area (Å²) in [5.41, 5.74) is 1.63. The molecule has 7 heteroatoms. The lowest BCUT2D eigenvalue weighted by molar-refractivity contribution is 0.0172. The fourth-order valence-corrected chi connectivity index (χ4v) is 3.70. The molecule has 140 valence electrons. The Morgan fingerprint density at radius 3 is 2.92 bits per heavy atom. The number of aliphatic hydroxyl groups is 2. The Labute approximate surface area is 152 Å². The van der Waals surface area contributed by atoms with Crippen LogP contribution in [0.15, 0.2) is 30.6 Å². The van der Waals surface area contributed by atoms with Gasteiger partial charge in [-0.2, -0.15) is 0 Å². The van der Waals surface area contributed by atoms with Gasteiger partial charge in [-0.1, -0.05) is 6.92 Å². The number of hydrogen-bond acceptors (Lipinski definition) is 6. The fourth-order valence-electron chi connectivity index (χ4n) is 3.70. The summed E-state index contributed by atoms with van der Waals surface area (Å²) in [5.74, 6) is 1.48. The number of hydrogen-bond donors (Lipinski definition) is 2. The van der Waals surface area contributed by atoms with Gasteiger partial charge in [0.25, 0.3) is 0 Å². The third-order valence-electron chi connectivity index (χ3n) is 4.98. The molecule has 0 amide bonds. The van der Waals surface area contributed by atoms with Crippen molar-refractivity contribution in [2.24, 2.45) is 0 Å². The Kier molecular flexibility index (Phi) is 4.95. The first-order valence-electron chi connectivity index (χ1n) is 9.04. The molecule has 0 bridgehead atoms. The molecular weight excluding hydrogens is 336 g/mol. The van der Waals surface area contributed by atoms with Crippen molar-refractivity contribution in [1.82, 2.24) is 9.55 Å². The zero-order valence-electron chi connectivity index (χ0n) is 14.7.